The standard InChI is InChI=1S/C14H21NO/c1-10-5-4-8-12(9-10)13(15)14(16)11-6-2-3-7-11/h4-5,8-9,11,13-14,16H,2-3,6-7,15H2,1H3/t13-,14+/m1/s1. The van der Waals surface area contributed by atoms with Crippen molar-refractivity contribution in [1.29, 1.82) is 0 Å². The van der Waals surface area contributed by atoms with Crippen LogP contribution in [0.3, 0.4) is 0 Å². The number of nitrogens with two attached hydrogens (primary N) is 1. The van der Waals surface area contributed by atoms with Crippen molar-refractivity contribution in [1.82, 2.24) is 0 Å². The van der Waals surface area contributed by atoms with Gasteiger partial charge in [-0.25, -0.2) is 0 Å². The summed E-state index contributed by atoms with van der Waals surface area (Å²) in [7, 11) is 0. The van der Waals surface area contributed by atoms with Gasteiger partial charge in [0.2, 0.25) is 0 Å². The lowest BCUT2D eigenvalue weighted by atomic mass is 9.90. The lowest BCUT2D eigenvalue weighted by Gasteiger charge is -2.24. The molecular weight excluding hydrogens is 198 g/mol. The van der Waals surface area contributed by atoms with Gasteiger partial charge in [0.25, 0.3) is 0 Å². The Bertz CT molecular complexity index is 344. The van der Waals surface area contributed by atoms with Crippen LogP contribution in [0.15, 0.2) is 24.3 Å². The molecule has 2 heteroatoms. The summed E-state index contributed by atoms with van der Waals surface area (Å²) >= 11 is 0. The first-order chi connectivity index (χ1) is 7.68. The van der Waals surface area contributed by atoms with Gasteiger partial charge in [-0.2, -0.15) is 0 Å². The number of benzene rings is 1. The predicted octanol–water partition coefficient (Wildman–Crippen LogP) is 2.55. The van der Waals surface area contributed by atoms with Gasteiger partial charge in [0, 0.05) is 0 Å². The summed E-state index contributed by atoms with van der Waals surface area (Å²) in [6.45, 7) is 2.05. The summed E-state index contributed by atoms with van der Waals surface area (Å²) < 4.78 is 0. The number of aryl methyl sites for hydroxylation is 1. The topological polar surface area (TPSA) is 46.2 Å². The maximum Gasteiger partial charge on any atom is 0.0760 e. The van der Waals surface area contributed by atoms with Gasteiger partial charge in [-0.05, 0) is 31.2 Å². The number of aliphatic hydroxyl groups excluding tert-OH is 1. The van der Waals surface area contributed by atoms with Crippen LogP contribution in [0.25, 0.3) is 0 Å². The first kappa shape index (κ1) is 11.6. The van der Waals surface area contributed by atoms with Crippen molar-refractivity contribution in [2.75, 3.05) is 0 Å². The van der Waals surface area contributed by atoms with E-state index in [0.29, 0.717) is 5.92 Å². The Hall–Kier alpha value is -0.860. The minimum Gasteiger partial charge on any atom is -0.391 e. The molecule has 0 radical (unpaired) electrons. The maximum atomic E-state index is 10.2. The molecule has 0 aromatic heterocycles. The Balaban J connectivity index is 2.08. The summed E-state index contributed by atoms with van der Waals surface area (Å²) in [5.74, 6) is 0.399. The van der Waals surface area contributed by atoms with Crippen LogP contribution in [0.4, 0.5) is 0 Å². The van der Waals surface area contributed by atoms with Crippen molar-refractivity contribution >= 4 is 0 Å². The van der Waals surface area contributed by atoms with Crippen LogP contribution < -0.4 is 5.73 Å². The summed E-state index contributed by atoms with van der Waals surface area (Å²) in [6, 6.07) is 7.91. The Morgan fingerprint density at radius 1 is 1.31 bits per heavy atom. The highest BCUT2D eigenvalue weighted by molar-refractivity contribution is 5.25. The lowest BCUT2D eigenvalue weighted by molar-refractivity contribution is 0.0845. The molecule has 1 fully saturated rings. The predicted molar refractivity (Wildman–Crippen MR) is 66.1 cm³/mol. The second kappa shape index (κ2) is 4.98. The zero-order valence-corrected chi connectivity index (χ0v) is 9.89. The zero-order valence-electron chi connectivity index (χ0n) is 9.89. The second-order valence-electron chi connectivity index (χ2n) is 4.98. The fourth-order valence-corrected chi connectivity index (χ4v) is 2.67. The molecule has 1 saturated carbocycles. The van der Waals surface area contributed by atoms with E-state index in [2.05, 4.69) is 19.1 Å². The van der Waals surface area contributed by atoms with Gasteiger partial charge in [0.1, 0.15) is 0 Å². The highest BCUT2D eigenvalue weighted by atomic mass is 16.3. The van der Waals surface area contributed by atoms with E-state index in [0.717, 1.165) is 18.4 Å². The molecule has 0 amide bonds. The smallest absolute Gasteiger partial charge is 0.0760 e. The van der Waals surface area contributed by atoms with Gasteiger partial charge in [-0.3, -0.25) is 0 Å². The quantitative estimate of drug-likeness (QED) is 0.820. The molecule has 16 heavy (non-hydrogen) atoms. The fraction of sp³-hybridized carbons (Fsp3) is 0.571. The number of rotatable bonds is 3. The van der Waals surface area contributed by atoms with E-state index in [1.54, 1.807) is 0 Å². The first-order valence-corrected chi connectivity index (χ1v) is 6.18. The molecule has 0 aliphatic heterocycles. The monoisotopic (exact) mass is 219 g/mol. The van der Waals surface area contributed by atoms with Crippen LogP contribution in [0, 0.1) is 12.8 Å². The summed E-state index contributed by atoms with van der Waals surface area (Å²) in [5.41, 5.74) is 8.39. The van der Waals surface area contributed by atoms with Gasteiger partial charge in [-0.1, -0.05) is 42.7 Å². The van der Waals surface area contributed by atoms with Crippen molar-refractivity contribution in [3.63, 3.8) is 0 Å². The third kappa shape index (κ3) is 2.45. The molecule has 3 N–H and O–H groups in total. The zero-order chi connectivity index (χ0) is 11.5. The Kier molecular flexibility index (Phi) is 3.62. The highest BCUT2D eigenvalue weighted by Crippen LogP contribution is 2.32. The third-order valence-electron chi connectivity index (χ3n) is 3.68. The van der Waals surface area contributed by atoms with Crippen LogP contribution in [0.1, 0.15) is 42.9 Å². The normalized spacial score (nSPS) is 20.9. The Morgan fingerprint density at radius 3 is 2.62 bits per heavy atom. The Morgan fingerprint density at radius 2 is 2.00 bits per heavy atom. The summed E-state index contributed by atoms with van der Waals surface area (Å²) in [6.07, 6.45) is 4.34. The molecule has 1 aliphatic carbocycles. The van der Waals surface area contributed by atoms with Gasteiger partial charge >= 0.3 is 0 Å². The third-order valence-corrected chi connectivity index (χ3v) is 3.68. The van der Waals surface area contributed by atoms with Crippen molar-refractivity contribution in [2.24, 2.45) is 11.7 Å². The average molecular weight is 219 g/mol. The molecule has 0 unspecified atom stereocenters. The molecule has 1 aromatic rings. The Labute approximate surface area is 97.5 Å². The molecule has 2 nitrogen and oxygen atoms in total. The average Bonchev–Trinajstić information content (AvgIpc) is 2.80. The molecule has 1 aromatic carbocycles. The molecule has 0 bridgehead atoms. The molecule has 88 valence electrons. The molecule has 2 rings (SSSR count). The van der Waals surface area contributed by atoms with E-state index in [4.69, 9.17) is 5.73 Å². The van der Waals surface area contributed by atoms with Crippen molar-refractivity contribution < 1.29 is 5.11 Å². The van der Waals surface area contributed by atoms with Gasteiger partial charge < -0.3 is 10.8 Å². The minimum absolute atomic E-state index is 0.233. The highest BCUT2D eigenvalue weighted by Gasteiger charge is 2.28. The lowest BCUT2D eigenvalue weighted by Crippen LogP contribution is -2.31. The first-order valence-electron chi connectivity index (χ1n) is 6.18. The second-order valence-corrected chi connectivity index (χ2v) is 4.98. The van der Waals surface area contributed by atoms with Gasteiger partial charge in [0.15, 0.2) is 0 Å². The molecular formula is C14H21NO. The van der Waals surface area contributed by atoms with E-state index in [-0.39, 0.29) is 12.1 Å². The van der Waals surface area contributed by atoms with E-state index in [9.17, 15) is 5.11 Å². The van der Waals surface area contributed by atoms with E-state index < -0.39 is 0 Å². The molecule has 0 spiro atoms. The molecule has 0 heterocycles. The van der Waals surface area contributed by atoms with Crippen LogP contribution in [0.2, 0.25) is 0 Å². The van der Waals surface area contributed by atoms with E-state index in [1.807, 2.05) is 12.1 Å². The SMILES string of the molecule is Cc1cccc([C@@H](N)[C@@H](O)C2CCCC2)c1. The fourth-order valence-electron chi connectivity index (χ4n) is 2.67. The largest absolute Gasteiger partial charge is 0.391 e. The van der Waals surface area contributed by atoms with Gasteiger partial charge in [0.05, 0.1) is 12.1 Å². The van der Waals surface area contributed by atoms with Crippen molar-refractivity contribution in [3.8, 4) is 0 Å². The van der Waals surface area contributed by atoms with E-state index in [1.165, 1.54) is 18.4 Å². The van der Waals surface area contributed by atoms with Crippen LogP contribution in [0.5, 0.6) is 0 Å². The van der Waals surface area contributed by atoms with Crippen molar-refractivity contribution in [3.05, 3.63) is 35.4 Å². The number of hydrogen-bond donors (Lipinski definition) is 2. The molecule has 2 atom stereocenters. The van der Waals surface area contributed by atoms with Crippen LogP contribution in [-0.2, 0) is 0 Å². The summed E-state index contributed by atoms with van der Waals surface area (Å²) in [5, 5.41) is 10.2. The molecule has 0 saturated heterocycles. The van der Waals surface area contributed by atoms with Crippen molar-refractivity contribution in [2.45, 2.75) is 44.8 Å². The minimum atomic E-state index is -0.385. The number of hydrogen-bond acceptors (Lipinski definition) is 2. The van der Waals surface area contributed by atoms with Crippen LogP contribution >= 0.6 is 0 Å². The van der Waals surface area contributed by atoms with Gasteiger partial charge in [-0.15, -0.1) is 0 Å². The molecule has 1 aliphatic rings. The maximum absolute atomic E-state index is 10.2. The van der Waals surface area contributed by atoms with E-state index >= 15 is 0 Å². The number of aliphatic hydroxyl groups is 1. The summed E-state index contributed by atoms with van der Waals surface area (Å²) in [4.78, 5) is 0. The van der Waals surface area contributed by atoms with Crippen LogP contribution in [-0.4, -0.2) is 11.2 Å².